The van der Waals surface area contributed by atoms with Crippen molar-refractivity contribution in [3.63, 3.8) is 0 Å². The molecule has 0 atom stereocenters. The van der Waals surface area contributed by atoms with Crippen molar-refractivity contribution in [2.75, 3.05) is 12.3 Å². The second kappa shape index (κ2) is 4.75. The van der Waals surface area contributed by atoms with E-state index in [2.05, 4.69) is 6.92 Å². The van der Waals surface area contributed by atoms with Gasteiger partial charge in [-0.05, 0) is 25.5 Å². The van der Waals surface area contributed by atoms with Crippen LogP contribution in [0.5, 0.6) is 5.75 Å². The average molecular weight is 179 g/mol. The van der Waals surface area contributed by atoms with Gasteiger partial charge in [-0.1, -0.05) is 19.4 Å². The summed E-state index contributed by atoms with van der Waals surface area (Å²) in [6.45, 7) is 4.91. The van der Waals surface area contributed by atoms with E-state index in [-0.39, 0.29) is 0 Å². The molecule has 72 valence electrons. The fourth-order valence-corrected chi connectivity index (χ4v) is 1.11. The molecule has 0 aliphatic rings. The molecule has 0 bridgehead atoms. The van der Waals surface area contributed by atoms with Crippen molar-refractivity contribution in [2.45, 2.75) is 26.7 Å². The van der Waals surface area contributed by atoms with Gasteiger partial charge in [0, 0.05) is 11.3 Å². The maximum Gasteiger partial charge on any atom is 0.124 e. The lowest BCUT2D eigenvalue weighted by Gasteiger charge is -2.09. The largest absolute Gasteiger partial charge is 0.493 e. The number of unbranched alkanes of at least 4 members (excludes halogenated alkanes) is 1. The van der Waals surface area contributed by atoms with Crippen LogP contribution in [0, 0.1) is 6.92 Å². The molecule has 0 heterocycles. The lowest BCUT2D eigenvalue weighted by Crippen LogP contribution is -1.99. The Kier molecular flexibility index (Phi) is 3.62. The van der Waals surface area contributed by atoms with Gasteiger partial charge in [-0.3, -0.25) is 0 Å². The Labute approximate surface area is 79.7 Å². The summed E-state index contributed by atoms with van der Waals surface area (Å²) in [7, 11) is 0. The highest BCUT2D eigenvalue weighted by atomic mass is 16.5. The Balaban J connectivity index is 2.61. The first-order valence-electron chi connectivity index (χ1n) is 4.73. The molecule has 0 saturated carbocycles. The molecule has 1 rings (SSSR count). The predicted molar refractivity (Wildman–Crippen MR) is 56.0 cm³/mol. The fourth-order valence-electron chi connectivity index (χ4n) is 1.11. The molecule has 0 spiro atoms. The van der Waals surface area contributed by atoms with Gasteiger partial charge in [0.1, 0.15) is 5.75 Å². The van der Waals surface area contributed by atoms with Gasteiger partial charge in [-0.25, -0.2) is 0 Å². The zero-order valence-corrected chi connectivity index (χ0v) is 8.34. The minimum absolute atomic E-state index is 0.779. The van der Waals surface area contributed by atoms with Crippen LogP contribution >= 0.6 is 0 Å². The summed E-state index contributed by atoms with van der Waals surface area (Å²) >= 11 is 0. The van der Waals surface area contributed by atoms with E-state index in [0.717, 1.165) is 36.4 Å². The quantitative estimate of drug-likeness (QED) is 0.569. The summed E-state index contributed by atoms with van der Waals surface area (Å²) in [4.78, 5) is 0. The Morgan fingerprint density at radius 2 is 2.15 bits per heavy atom. The van der Waals surface area contributed by atoms with Crippen LogP contribution in [-0.4, -0.2) is 6.61 Å². The minimum atomic E-state index is 0.779. The van der Waals surface area contributed by atoms with Crippen LogP contribution in [0.15, 0.2) is 18.2 Å². The number of ether oxygens (including phenoxy) is 1. The van der Waals surface area contributed by atoms with Gasteiger partial charge >= 0.3 is 0 Å². The molecule has 1 aromatic rings. The molecule has 0 unspecified atom stereocenters. The summed E-state index contributed by atoms with van der Waals surface area (Å²) in [5.74, 6) is 0.911. The molecule has 1 aromatic carbocycles. The van der Waals surface area contributed by atoms with Crippen molar-refractivity contribution >= 4 is 5.69 Å². The fraction of sp³-hybridized carbons (Fsp3) is 0.455. The summed E-state index contributed by atoms with van der Waals surface area (Å²) in [5.41, 5.74) is 7.59. The van der Waals surface area contributed by atoms with E-state index in [1.807, 2.05) is 25.1 Å². The van der Waals surface area contributed by atoms with Crippen LogP contribution in [0.4, 0.5) is 5.69 Å². The number of hydrogen-bond acceptors (Lipinski definition) is 2. The molecule has 2 N–H and O–H groups in total. The summed E-state index contributed by atoms with van der Waals surface area (Å²) in [6, 6.07) is 5.77. The summed E-state index contributed by atoms with van der Waals surface area (Å²) < 4.78 is 5.58. The predicted octanol–water partition coefficient (Wildman–Crippen LogP) is 2.76. The highest BCUT2D eigenvalue weighted by molar-refractivity contribution is 5.53. The Bertz CT molecular complexity index is 271. The maximum absolute atomic E-state index is 5.74. The number of hydrogen-bond donors (Lipinski definition) is 1. The molecular formula is C11H17NO. The number of benzene rings is 1. The summed E-state index contributed by atoms with van der Waals surface area (Å²) in [6.07, 6.45) is 2.25. The third-order valence-corrected chi connectivity index (χ3v) is 2.08. The van der Waals surface area contributed by atoms with Crippen LogP contribution in [0.1, 0.15) is 25.3 Å². The Hall–Kier alpha value is -1.18. The molecule has 13 heavy (non-hydrogen) atoms. The molecule has 0 aliphatic heterocycles. The first kappa shape index (κ1) is 9.90. The number of nitrogen functional groups attached to an aromatic ring is 1. The van der Waals surface area contributed by atoms with E-state index in [0.29, 0.717) is 0 Å². The van der Waals surface area contributed by atoms with Gasteiger partial charge in [0.25, 0.3) is 0 Å². The van der Waals surface area contributed by atoms with Gasteiger partial charge in [-0.15, -0.1) is 0 Å². The van der Waals surface area contributed by atoms with Crippen LogP contribution < -0.4 is 10.5 Å². The smallest absolute Gasteiger partial charge is 0.124 e. The first-order valence-corrected chi connectivity index (χ1v) is 4.73. The van der Waals surface area contributed by atoms with Gasteiger partial charge in [-0.2, -0.15) is 0 Å². The highest BCUT2D eigenvalue weighted by Gasteiger charge is 2.00. The van der Waals surface area contributed by atoms with Crippen molar-refractivity contribution in [1.82, 2.24) is 0 Å². The SMILES string of the molecule is CCCCOc1cccc(N)c1C. The van der Waals surface area contributed by atoms with Crippen molar-refractivity contribution in [3.05, 3.63) is 23.8 Å². The number of anilines is 1. The van der Waals surface area contributed by atoms with Gasteiger partial charge in [0.15, 0.2) is 0 Å². The first-order chi connectivity index (χ1) is 6.25. The van der Waals surface area contributed by atoms with Crippen molar-refractivity contribution in [3.8, 4) is 5.75 Å². The zero-order valence-electron chi connectivity index (χ0n) is 8.34. The van der Waals surface area contributed by atoms with Crippen molar-refractivity contribution in [1.29, 1.82) is 0 Å². The van der Waals surface area contributed by atoms with Crippen LogP contribution in [-0.2, 0) is 0 Å². The van der Waals surface area contributed by atoms with Gasteiger partial charge in [0.05, 0.1) is 6.61 Å². The monoisotopic (exact) mass is 179 g/mol. The molecule has 2 nitrogen and oxygen atoms in total. The molecular weight excluding hydrogens is 162 g/mol. The molecule has 0 amide bonds. The number of nitrogens with two attached hydrogens (primary N) is 1. The van der Waals surface area contributed by atoms with E-state index < -0.39 is 0 Å². The lowest BCUT2D eigenvalue weighted by molar-refractivity contribution is 0.307. The highest BCUT2D eigenvalue weighted by Crippen LogP contribution is 2.22. The molecule has 0 aliphatic carbocycles. The third kappa shape index (κ3) is 2.65. The zero-order chi connectivity index (χ0) is 9.68. The average Bonchev–Trinajstić information content (AvgIpc) is 2.13. The van der Waals surface area contributed by atoms with E-state index in [1.54, 1.807) is 0 Å². The molecule has 0 fully saturated rings. The van der Waals surface area contributed by atoms with E-state index in [9.17, 15) is 0 Å². The van der Waals surface area contributed by atoms with Crippen molar-refractivity contribution in [2.24, 2.45) is 0 Å². The normalized spacial score (nSPS) is 10.0. The molecule has 0 aromatic heterocycles. The van der Waals surface area contributed by atoms with Gasteiger partial charge in [0.2, 0.25) is 0 Å². The van der Waals surface area contributed by atoms with Gasteiger partial charge < -0.3 is 10.5 Å². The Morgan fingerprint density at radius 3 is 2.85 bits per heavy atom. The maximum atomic E-state index is 5.74. The lowest BCUT2D eigenvalue weighted by atomic mass is 10.2. The minimum Gasteiger partial charge on any atom is -0.493 e. The second-order valence-electron chi connectivity index (χ2n) is 3.17. The van der Waals surface area contributed by atoms with Crippen molar-refractivity contribution < 1.29 is 4.74 Å². The third-order valence-electron chi connectivity index (χ3n) is 2.08. The van der Waals surface area contributed by atoms with Crippen LogP contribution in [0.2, 0.25) is 0 Å². The standard InChI is InChI=1S/C11H17NO/c1-3-4-8-13-11-7-5-6-10(12)9(11)2/h5-7H,3-4,8,12H2,1-2H3. The van der Waals surface area contributed by atoms with Crippen LogP contribution in [0.3, 0.4) is 0 Å². The molecule has 2 heteroatoms. The molecule has 0 radical (unpaired) electrons. The summed E-state index contributed by atoms with van der Waals surface area (Å²) in [5, 5.41) is 0. The second-order valence-corrected chi connectivity index (χ2v) is 3.17. The van der Waals surface area contributed by atoms with Crippen LogP contribution in [0.25, 0.3) is 0 Å². The Morgan fingerprint density at radius 1 is 1.38 bits per heavy atom. The van der Waals surface area contributed by atoms with E-state index in [4.69, 9.17) is 10.5 Å². The van der Waals surface area contributed by atoms with E-state index in [1.165, 1.54) is 0 Å². The number of rotatable bonds is 4. The molecule has 0 saturated heterocycles. The topological polar surface area (TPSA) is 35.2 Å². The van der Waals surface area contributed by atoms with E-state index >= 15 is 0 Å².